The largest absolute Gasteiger partial charge is 0.307 e. The minimum Gasteiger partial charge on any atom is -0.307 e. The van der Waals surface area contributed by atoms with E-state index in [1.807, 2.05) is 80.7 Å². The summed E-state index contributed by atoms with van der Waals surface area (Å²) in [6.07, 6.45) is 3.47. The van der Waals surface area contributed by atoms with Crippen LogP contribution in [0.4, 0.5) is 5.82 Å². The van der Waals surface area contributed by atoms with Crippen LogP contribution in [-0.4, -0.2) is 25.7 Å². The molecular weight excluding hydrogens is 478 g/mol. The summed E-state index contributed by atoms with van der Waals surface area (Å²) in [4.78, 5) is 22.8. The number of nitrogens with one attached hydrogen (secondary N) is 1. The number of pyridine rings is 2. The third-order valence-corrected chi connectivity index (χ3v) is 7.27. The van der Waals surface area contributed by atoms with Crippen LogP contribution >= 0.6 is 23.4 Å². The highest BCUT2D eigenvalue weighted by Gasteiger charge is 2.19. The second-order valence-electron chi connectivity index (χ2n) is 8.03. The number of nitrogens with zero attached hydrogens (tertiary/aromatic N) is 4. The highest BCUT2D eigenvalue weighted by atomic mass is 35.5. The molecule has 3 aromatic heterocycles. The summed E-state index contributed by atoms with van der Waals surface area (Å²) in [5, 5.41) is 10.2. The summed E-state index contributed by atoms with van der Waals surface area (Å²) < 4.78 is 1.67. The highest BCUT2D eigenvalue weighted by Crippen LogP contribution is 2.35. The molecule has 0 aliphatic carbocycles. The summed E-state index contributed by atoms with van der Waals surface area (Å²) >= 11 is 8.13. The predicted molar refractivity (Wildman–Crippen MR) is 142 cm³/mol. The molecule has 0 unspecified atom stereocenters. The molecule has 35 heavy (non-hydrogen) atoms. The lowest BCUT2D eigenvalue weighted by Gasteiger charge is -2.11. The Bertz CT molecular complexity index is 1530. The van der Waals surface area contributed by atoms with Gasteiger partial charge in [-0.2, -0.15) is 5.10 Å². The van der Waals surface area contributed by atoms with Crippen LogP contribution in [0.25, 0.3) is 22.0 Å². The lowest BCUT2D eigenvalue weighted by atomic mass is 10.1. The normalized spacial score (nSPS) is 11.1. The highest BCUT2D eigenvalue weighted by molar-refractivity contribution is 7.98. The predicted octanol–water partition coefficient (Wildman–Crippen LogP) is 6.54. The van der Waals surface area contributed by atoms with Gasteiger partial charge in [0.15, 0.2) is 0 Å². The van der Waals surface area contributed by atoms with Crippen molar-refractivity contribution >= 4 is 45.9 Å². The van der Waals surface area contributed by atoms with Gasteiger partial charge in [0, 0.05) is 52.3 Å². The third kappa shape index (κ3) is 4.78. The molecule has 0 fully saturated rings. The van der Waals surface area contributed by atoms with Gasteiger partial charge in [-0.25, -0.2) is 4.98 Å². The second-order valence-corrected chi connectivity index (χ2v) is 9.41. The van der Waals surface area contributed by atoms with E-state index in [2.05, 4.69) is 20.4 Å². The van der Waals surface area contributed by atoms with Crippen molar-refractivity contribution in [3.05, 3.63) is 101 Å². The topological polar surface area (TPSA) is 72.7 Å². The fourth-order valence-electron chi connectivity index (χ4n) is 3.97. The van der Waals surface area contributed by atoms with Gasteiger partial charge in [0.25, 0.3) is 5.91 Å². The van der Waals surface area contributed by atoms with Crippen LogP contribution in [0.5, 0.6) is 0 Å². The molecule has 3 heterocycles. The van der Waals surface area contributed by atoms with Crippen LogP contribution in [-0.2, 0) is 12.8 Å². The van der Waals surface area contributed by atoms with Crippen molar-refractivity contribution in [2.45, 2.75) is 17.6 Å². The van der Waals surface area contributed by atoms with Crippen molar-refractivity contribution in [2.24, 2.45) is 7.05 Å². The van der Waals surface area contributed by atoms with E-state index in [0.29, 0.717) is 22.3 Å². The lowest BCUT2D eigenvalue weighted by Crippen LogP contribution is -2.14. The van der Waals surface area contributed by atoms with Crippen molar-refractivity contribution in [1.82, 2.24) is 19.7 Å². The molecule has 0 bridgehead atoms. The summed E-state index contributed by atoms with van der Waals surface area (Å²) in [6, 6.07) is 21.3. The van der Waals surface area contributed by atoms with Gasteiger partial charge < -0.3 is 5.32 Å². The van der Waals surface area contributed by atoms with E-state index in [0.717, 1.165) is 38.2 Å². The maximum atomic E-state index is 13.2. The first kappa shape index (κ1) is 23.1. The van der Waals surface area contributed by atoms with Crippen molar-refractivity contribution in [3.63, 3.8) is 0 Å². The summed E-state index contributed by atoms with van der Waals surface area (Å²) in [5.74, 6) is 0.880. The average molecular weight is 500 g/mol. The van der Waals surface area contributed by atoms with E-state index in [-0.39, 0.29) is 5.91 Å². The van der Waals surface area contributed by atoms with E-state index in [1.54, 1.807) is 28.8 Å². The smallest absolute Gasteiger partial charge is 0.257 e. The molecule has 2 aromatic carbocycles. The number of carbonyl (C=O) groups is 1. The molecule has 8 heteroatoms. The lowest BCUT2D eigenvalue weighted by molar-refractivity contribution is 0.102. The maximum absolute atomic E-state index is 13.2. The van der Waals surface area contributed by atoms with Crippen molar-refractivity contribution in [2.75, 3.05) is 5.32 Å². The van der Waals surface area contributed by atoms with Crippen molar-refractivity contribution in [1.29, 1.82) is 0 Å². The Kier molecular flexibility index (Phi) is 6.53. The SMILES string of the molecule is Cc1nc(NC(=O)c2ccccc2SCc2c(-c3ccncc3)nn(C)c2Cl)cc2ccccc12. The van der Waals surface area contributed by atoms with Gasteiger partial charge >= 0.3 is 0 Å². The van der Waals surface area contributed by atoms with E-state index in [1.165, 1.54) is 0 Å². The van der Waals surface area contributed by atoms with Crippen LogP contribution in [0, 0.1) is 6.92 Å². The zero-order valence-corrected chi connectivity index (χ0v) is 20.8. The first-order chi connectivity index (χ1) is 17.0. The minimum atomic E-state index is -0.207. The molecule has 5 aromatic rings. The summed E-state index contributed by atoms with van der Waals surface area (Å²) in [5.41, 5.74) is 4.12. The van der Waals surface area contributed by atoms with Gasteiger partial charge in [-0.05, 0) is 42.6 Å². The number of hydrogen-bond donors (Lipinski definition) is 1. The zero-order valence-electron chi connectivity index (χ0n) is 19.2. The fraction of sp³-hybridized carbons (Fsp3) is 0.111. The van der Waals surface area contributed by atoms with Gasteiger partial charge in [0.2, 0.25) is 0 Å². The van der Waals surface area contributed by atoms with Crippen LogP contribution in [0.1, 0.15) is 21.6 Å². The molecule has 0 saturated heterocycles. The Balaban J connectivity index is 1.40. The molecular formula is C27H22ClN5OS. The van der Waals surface area contributed by atoms with Crippen molar-refractivity contribution < 1.29 is 4.79 Å². The molecule has 1 amide bonds. The number of aromatic nitrogens is 4. The molecule has 0 aliphatic rings. The van der Waals surface area contributed by atoms with Crippen LogP contribution in [0.2, 0.25) is 5.15 Å². The Morgan fingerprint density at radius 1 is 1.06 bits per heavy atom. The van der Waals surface area contributed by atoms with Gasteiger partial charge in [0.05, 0.1) is 11.3 Å². The molecule has 174 valence electrons. The Labute approximate surface area is 212 Å². The molecule has 0 aliphatic heterocycles. The quantitative estimate of drug-likeness (QED) is 0.269. The number of rotatable bonds is 6. The number of hydrogen-bond acceptors (Lipinski definition) is 5. The molecule has 0 saturated carbocycles. The van der Waals surface area contributed by atoms with Gasteiger partial charge in [-0.1, -0.05) is 48.0 Å². The van der Waals surface area contributed by atoms with E-state index < -0.39 is 0 Å². The number of amides is 1. The number of anilines is 1. The van der Waals surface area contributed by atoms with Crippen LogP contribution < -0.4 is 5.32 Å². The Morgan fingerprint density at radius 3 is 2.63 bits per heavy atom. The molecule has 5 rings (SSSR count). The minimum absolute atomic E-state index is 0.207. The van der Waals surface area contributed by atoms with E-state index in [9.17, 15) is 4.79 Å². The fourth-order valence-corrected chi connectivity index (χ4v) is 5.31. The number of benzene rings is 2. The molecule has 1 N–H and O–H groups in total. The Morgan fingerprint density at radius 2 is 1.80 bits per heavy atom. The second kappa shape index (κ2) is 9.90. The number of halogens is 1. The molecule has 0 spiro atoms. The molecule has 6 nitrogen and oxygen atoms in total. The summed E-state index contributed by atoms with van der Waals surface area (Å²) in [7, 11) is 1.82. The van der Waals surface area contributed by atoms with Gasteiger partial charge in [-0.15, -0.1) is 11.8 Å². The summed E-state index contributed by atoms with van der Waals surface area (Å²) in [6.45, 7) is 1.94. The maximum Gasteiger partial charge on any atom is 0.257 e. The molecule has 0 radical (unpaired) electrons. The van der Waals surface area contributed by atoms with E-state index in [4.69, 9.17) is 11.6 Å². The third-order valence-electron chi connectivity index (χ3n) is 5.70. The first-order valence-electron chi connectivity index (χ1n) is 11.0. The number of thioether (sulfide) groups is 1. The molecule has 0 atom stereocenters. The van der Waals surface area contributed by atoms with Crippen LogP contribution in [0.3, 0.4) is 0 Å². The van der Waals surface area contributed by atoms with Crippen molar-refractivity contribution in [3.8, 4) is 11.3 Å². The number of carbonyl (C=O) groups excluding carboxylic acids is 1. The standard InChI is InChI=1S/C27H22ClN5OS/c1-17-20-8-4-3-7-19(20)15-24(30-17)31-27(34)21-9-5-6-10-23(21)35-16-22-25(32-33(2)26(22)28)18-11-13-29-14-12-18/h3-15H,16H2,1-2H3,(H,30,31,34). The number of fused-ring (bicyclic) bond motifs is 1. The zero-order chi connectivity index (χ0) is 24.4. The van der Waals surface area contributed by atoms with Crippen LogP contribution in [0.15, 0.2) is 84.0 Å². The average Bonchev–Trinajstić information content (AvgIpc) is 3.16. The van der Waals surface area contributed by atoms with Gasteiger partial charge in [0.1, 0.15) is 11.0 Å². The monoisotopic (exact) mass is 499 g/mol. The Hall–Kier alpha value is -3.68. The van der Waals surface area contributed by atoms with Gasteiger partial charge in [-0.3, -0.25) is 14.5 Å². The first-order valence-corrected chi connectivity index (χ1v) is 12.4. The van der Waals surface area contributed by atoms with E-state index >= 15 is 0 Å². The number of aryl methyl sites for hydroxylation is 2.